The Morgan fingerprint density at radius 3 is 2.35 bits per heavy atom. The summed E-state index contributed by atoms with van der Waals surface area (Å²) in [5.74, 6) is -0.0314. The van der Waals surface area contributed by atoms with Gasteiger partial charge in [0.1, 0.15) is 25.8 Å². The Bertz CT molecular complexity index is 1220. The lowest BCUT2D eigenvalue weighted by Gasteiger charge is -2.33. The second-order valence-corrected chi connectivity index (χ2v) is 11.4. The first kappa shape index (κ1) is 28.3. The second-order valence-electron chi connectivity index (χ2n) is 9.18. The molecule has 0 saturated heterocycles. The van der Waals surface area contributed by atoms with Crippen LogP contribution in [-0.2, 0) is 26.2 Å². The first-order valence-corrected chi connectivity index (χ1v) is 14.2. The predicted octanol–water partition coefficient (Wildman–Crippen LogP) is 3.25. The molecule has 2 amide bonds. The van der Waals surface area contributed by atoms with Crippen molar-refractivity contribution in [2.75, 3.05) is 29.8 Å². The largest absolute Gasteiger partial charge is 0.486 e. The Labute approximate surface area is 219 Å². The third-order valence-corrected chi connectivity index (χ3v) is 8.30. The quantitative estimate of drug-likeness (QED) is 0.477. The fraction of sp³-hybridized carbons (Fsp3) is 0.481. The summed E-state index contributed by atoms with van der Waals surface area (Å²) in [6.45, 7) is 9.46. The van der Waals surface area contributed by atoms with E-state index in [2.05, 4.69) is 5.32 Å². The lowest BCUT2D eigenvalue weighted by atomic mass is 10.1. The molecule has 202 valence electrons. The van der Waals surface area contributed by atoms with Crippen molar-refractivity contribution in [3.63, 3.8) is 0 Å². The number of anilines is 1. The average molecular weight is 532 g/mol. The molecule has 0 bridgehead atoms. The summed E-state index contributed by atoms with van der Waals surface area (Å²) in [5, 5.41) is 2.93. The maximum absolute atomic E-state index is 13.8. The van der Waals surface area contributed by atoms with Gasteiger partial charge in [0, 0.05) is 18.7 Å². The number of carbonyl (C=O) groups excluding carboxylic acids is 2. The van der Waals surface area contributed by atoms with Crippen molar-refractivity contribution in [2.45, 2.75) is 59.7 Å². The van der Waals surface area contributed by atoms with Crippen LogP contribution in [0.3, 0.4) is 0 Å². The lowest BCUT2D eigenvalue weighted by Crippen LogP contribution is -2.52. The summed E-state index contributed by atoms with van der Waals surface area (Å²) < 4.78 is 38.5. The normalized spacial score (nSPS) is 14.4. The zero-order chi connectivity index (χ0) is 27.2. The van der Waals surface area contributed by atoms with Gasteiger partial charge in [0.2, 0.25) is 21.8 Å². The van der Waals surface area contributed by atoms with Crippen LogP contribution in [0.15, 0.2) is 42.5 Å². The van der Waals surface area contributed by atoms with Gasteiger partial charge in [-0.2, -0.15) is 0 Å². The number of sulfonamides is 1. The van der Waals surface area contributed by atoms with E-state index >= 15 is 0 Å². The summed E-state index contributed by atoms with van der Waals surface area (Å²) >= 11 is 0. The average Bonchev–Trinajstić information content (AvgIpc) is 2.90. The molecule has 0 fully saturated rings. The number of benzene rings is 2. The van der Waals surface area contributed by atoms with Gasteiger partial charge in [0.05, 0.1) is 11.4 Å². The minimum atomic E-state index is -3.83. The number of nitrogens with one attached hydrogen (secondary N) is 1. The van der Waals surface area contributed by atoms with E-state index in [0.29, 0.717) is 30.4 Å². The van der Waals surface area contributed by atoms with Crippen LogP contribution < -0.4 is 19.1 Å². The highest BCUT2D eigenvalue weighted by Crippen LogP contribution is 2.35. The molecule has 2 atom stereocenters. The second kappa shape index (κ2) is 12.3. The number of fused-ring (bicyclic) bond motifs is 1. The molecule has 3 rings (SSSR count). The summed E-state index contributed by atoms with van der Waals surface area (Å²) in [6, 6.07) is 11.5. The van der Waals surface area contributed by atoms with Gasteiger partial charge in [0.15, 0.2) is 11.5 Å². The summed E-state index contributed by atoms with van der Waals surface area (Å²) in [4.78, 5) is 28.3. The molecule has 0 saturated carbocycles. The van der Waals surface area contributed by atoms with Gasteiger partial charge < -0.3 is 19.7 Å². The minimum Gasteiger partial charge on any atom is -0.486 e. The topological polar surface area (TPSA) is 105 Å². The molecule has 1 aliphatic rings. The minimum absolute atomic E-state index is 0.0555. The third kappa shape index (κ3) is 6.94. The molecule has 1 heterocycles. The van der Waals surface area contributed by atoms with Gasteiger partial charge in [-0.05, 0) is 57.4 Å². The molecule has 0 aliphatic carbocycles. The Morgan fingerprint density at radius 2 is 1.70 bits per heavy atom. The summed E-state index contributed by atoms with van der Waals surface area (Å²) in [7, 11) is -3.83. The number of aryl methyl sites for hydroxylation is 1. The Morgan fingerprint density at radius 1 is 1.03 bits per heavy atom. The van der Waals surface area contributed by atoms with Crippen LogP contribution in [0, 0.1) is 6.92 Å². The smallest absolute Gasteiger partial charge is 0.244 e. The number of rotatable bonds is 11. The number of nitrogens with zero attached hydrogens (tertiary/aromatic N) is 2. The molecule has 0 unspecified atom stereocenters. The highest BCUT2D eigenvalue weighted by atomic mass is 32.2. The predicted molar refractivity (Wildman–Crippen MR) is 143 cm³/mol. The first-order valence-electron chi connectivity index (χ1n) is 12.6. The van der Waals surface area contributed by atoms with E-state index in [1.807, 2.05) is 45.0 Å². The number of carbonyl (C=O) groups is 2. The van der Waals surface area contributed by atoms with Crippen LogP contribution in [0.5, 0.6) is 11.5 Å². The van der Waals surface area contributed by atoms with Gasteiger partial charge in [-0.25, -0.2) is 8.42 Å². The molecule has 2 aromatic rings. The van der Waals surface area contributed by atoms with Crippen molar-refractivity contribution < 1.29 is 27.5 Å². The van der Waals surface area contributed by atoms with Crippen molar-refractivity contribution in [1.29, 1.82) is 0 Å². The van der Waals surface area contributed by atoms with E-state index in [4.69, 9.17) is 9.47 Å². The Hall–Kier alpha value is -3.27. The standard InChI is InChI=1S/C27H37N3O6S/c1-6-20(4)28-27(32)21(5)29(17-22-11-9-8-10-19(22)3)26(31)18-30(37(33,34)7-2)23-12-13-24-25(16-23)36-15-14-35-24/h8-13,16,20-21H,6-7,14-15,17-18H2,1-5H3,(H,28,32)/t20-,21+/m0/s1. The van der Waals surface area contributed by atoms with Crippen molar-refractivity contribution in [3.8, 4) is 11.5 Å². The number of hydrogen-bond donors (Lipinski definition) is 1. The monoisotopic (exact) mass is 531 g/mol. The molecule has 0 radical (unpaired) electrons. The third-order valence-electron chi connectivity index (χ3n) is 6.56. The fourth-order valence-electron chi connectivity index (χ4n) is 3.93. The van der Waals surface area contributed by atoms with Crippen molar-refractivity contribution in [2.24, 2.45) is 0 Å². The number of ether oxygens (including phenoxy) is 2. The zero-order valence-corrected chi connectivity index (χ0v) is 23.0. The van der Waals surface area contributed by atoms with Gasteiger partial charge >= 0.3 is 0 Å². The van der Waals surface area contributed by atoms with Crippen LogP contribution in [0.1, 0.15) is 45.2 Å². The highest BCUT2D eigenvalue weighted by molar-refractivity contribution is 7.92. The molecule has 10 heteroatoms. The van der Waals surface area contributed by atoms with E-state index in [0.717, 1.165) is 21.9 Å². The molecule has 9 nitrogen and oxygen atoms in total. The zero-order valence-electron chi connectivity index (χ0n) is 22.2. The van der Waals surface area contributed by atoms with Crippen molar-refractivity contribution >= 4 is 27.5 Å². The maximum Gasteiger partial charge on any atom is 0.244 e. The SMILES string of the molecule is CC[C@H](C)NC(=O)[C@@H](C)N(Cc1ccccc1C)C(=O)CN(c1ccc2c(c1)OCCO2)S(=O)(=O)CC. The number of amides is 2. The van der Waals surface area contributed by atoms with Gasteiger partial charge in [-0.3, -0.25) is 13.9 Å². The molecule has 0 aromatic heterocycles. The number of hydrogen-bond acceptors (Lipinski definition) is 6. The van der Waals surface area contributed by atoms with Gasteiger partial charge in [-0.1, -0.05) is 31.2 Å². The molecule has 37 heavy (non-hydrogen) atoms. The van der Waals surface area contributed by atoms with Gasteiger partial charge in [-0.15, -0.1) is 0 Å². The van der Waals surface area contributed by atoms with E-state index in [1.54, 1.807) is 25.1 Å². The molecule has 1 N–H and O–H groups in total. The van der Waals surface area contributed by atoms with Crippen LogP contribution >= 0.6 is 0 Å². The summed E-state index contributed by atoms with van der Waals surface area (Å²) in [5.41, 5.74) is 2.15. The molecule has 0 spiro atoms. The first-order chi connectivity index (χ1) is 17.6. The molecular formula is C27H37N3O6S. The fourth-order valence-corrected chi connectivity index (χ4v) is 4.98. The van der Waals surface area contributed by atoms with Crippen LogP contribution in [-0.4, -0.2) is 62.7 Å². The highest BCUT2D eigenvalue weighted by Gasteiger charge is 2.32. The van der Waals surface area contributed by atoms with E-state index in [1.165, 1.54) is 11.8 Å². The van der Waals surface area contributed by atoms with E-state index < -0.39 is 28.5 Å². The molecular weight excluding hydrogens is 494 g/mol. The van der Waals surface area contributed by atoms with Crippen molar-refractivity contribution in [1.82, 2.24) is 10.2 Å². The Balaban J connectivity index is 1.95. The van der Waals surface area contributed by atoms with Crippen molar-refractivity contribution in [3.05, 3.63) is 53.6 Å². The van der Waals surface area contributed by atoms with E-state index in [9.17, 15) is 18.0 Å². The van der Waals surface area contributed by atoms with Crippen LogP contribution in [0.25, 0.3) is 0 Å². The Kier molecular flexibility index (Phi) is 9.42. The lowest BCUT2D eigenvalue weighted by molar-refractivity contribution is -0.139. The van der Waals surface area contributed by atoms with Gasteiger partial charge in [0.25, 0.3) is 0 Å². The van der Waals surface area contributed by atoms with Crippen LogP contribution in [0.2, 0.25) is 0 Å². The maximum atomic E-state index is 13.8. The molecule has 2 aromatic carbocycles. The van der Waals surface area contributed by atoms with E-state index in [-0.39, 0.29) is 24.2 Å². The molecule has 1 aliphatic heterocycles. The summed E-state index contributed by atoms with van der Waals surface area (Å²) in [6.07, 6.45) is 0.747. The van der Waals surface area contributed by atoms with Crippen LogP contribution in [0.4, 0.5) is 5.69 Å².